The van der Waals surface area contributed by atoms with E-state index in [-0.39, 0.29) is 17.7 Å². The smallest absolute Gasteiger partial charge is 0.306 e. The van der Waals surface area contributed by atoms with Gasteiger partial charge >= 0.3 is 5.97 Å². The number of rotatable bonds is 4. The highest BCUT2D eigenvalue weighted by Gasteiger charge is 2.35. The van der Waals surface area contributed by atoms with Gasteiger partial charge in [0.25, 0.3) is 0 Å². The van der Waals surface area contributed by atoms with Crippen molar-refractivity contribution in [2.75, 3.05) is 0 Å². The summed E-state index contributed by atoms with van der Waals surface area (Å²) in [7, 11) is 0. The van der Waals surface area contributed by atoms with Gasteiger partial charge in [0.05, 0.1) is 11.5 Å². The van der Waals surface area contributed by atoms with Crippen LogP contribution in [0.15, 0.2) is 24.3 Å². The van der Waals surface area contributed by atoms with E-state index in [1.54, 1.807) is 0 Å². The third-order valence-electron chi connectivity index (χ3n) is 4.33. The van der Waals surface area contributed by atoms with Crippen LogP contribution in [0, 0.1) is 18.8 Å². The second-order valence-electron chi connectivity index (χ2n) is 6.53. The van der Waals surface area contributed by atoms with E-state index in [0.29, 0.717) is 19.3 Å². The number of amides is 1. The highest BCUT2D eigenvalue weighted by Crippen LogP contribution is 2.32. The summed E-state index contributed by atoms with van der Waals surface area (Å²) < 4.78 is 0. The quantitative estimate of drug-likeness (QED) is 0.895. The van der Waals surface area contributed by atoms with Crippen molar-refractivity contribution >= 4 is 11.9 Å². The number of nitrogens with one attached hydrogen (secondary N) is 1. The Morgan fingerprint density at radius 3 is 2.48 bits per heavy atom. The molecule has 0 heterocycles. The number of aryl methyl sites for hydroxylation is 1. The molecule has 114 valence electrons. The number of hydrogen-bond donors (Lipinski definition) is 2. The van der Waals surface area contributed by atoms with Crippen LogP contribution in [0.4, 0.5) is 0 Å². The van der Waals surface area contributed by atoms with Crippen molar-refractivity contribution in [1.29, 1.82) is 0 Å². The van der Waals surface area contributed by atoms with E-state index in [9.17, 15) is 9.59 Å². The minimum atomic E-state index is -0.789. The molecule has 0 saturated heterocycles. The molecule has 1 fully saturated rings. The van der Waals surface area contributed by atoms with E-state index >= 15 is 0 Å². The van der Waals surface area contributed by atoms with Crippen molar-refractivity contribution in [3.63, 3.8) is 0 Å². The fraction of sp³-hybridized carbons (Fsp3) is 0.529. The molecule has 0 aliphatic heterocycles. The molecule has 2 atom stereocenters. The molecule has 1 aliphatic carbocycles. The topological polar surface area (TPSA) is 66.4 Å². The second-order valence-corrected chi connectivity index (χ2v) is 6.53. The SMILES string of the molecule is Cc1cccc(C(C)(C)NC(=O)[C@@H]2CC[C@H](C(=O)O)C2)c1. The molecule has 1 saturated carbocycles. The zero-order valence-electron chi connectivity index (χ0n) is 12.8. The summed E-state index contributed by atoms with van der Waals surface area (Å²) in [6.45, 7) is 5.97. The number of aliphatic carboxylic acids is 1. The molecule has 0 aromatic heterocycles. The Bertz CT molecular complexity index is 551. The predicted octanol–water partition coefficient (Wildman–Crippen LogP) is 2.85. The van der Waals surface area contributed by atoms with Crippen molar-refractivity contribution in [3.8, 4) is 0 Å². The molecule has 1 aromatic rings. The average molecular weight is 289 g/mol. The third-order valence-corrected chi connectivity index (χ3v) is 4.33. The molecule has 0 radical (unpaired) electrons. The first kappa shape index (κ1) is 15.5. The Labute approximate surface area is 125 Å². The summed E-state index contributed by atoms with van der Waals surface area (Å²) in [5, 5.41) is 12.1. The number of benzene rings is 1. The number of carboxylic acids is 1. The fourth-order valence-corrected chi connectivity index (χ4v) is 2.96. The maximum absolute atomic E-state index is 12.4. The zero-order chi connectivity index (χ0) is 15.6. The van der Waals surface area contributed by atoms with Gasteiger partial charge in [-0.2, -0.15) is 0 Å². The van der Waals surface area contributed by atoms with Gasteiger partial charge in [0, 0.05) is 5.92 Å². The van der Waals surface area contributed by atoms with E-state index in [2.05, 4.69) is 11.4 Å². The molecule has 2 N–H and O–H groups in total. The lowest BCUT2D eigenvalue weighted by Crippen LogP contribution is -2.43. The highest BCUT2D eigenvalue weighted by atomic mass is 16.4. The molecular weight excluding hydrogens is 266 g/mol. The predicted molar refractivity (Wildman–Crippen MR) is 80.8 cm³/mol. The largest absolute Gasteiger partial charge is 0.481 e. The normalized spacial score (nSPS) is 22.0. The maximum Gasteiger partial charge on any atom is 0.306 e. The molecule has 0 unspecified atom stereocenters. The summed E-state index contributed by atoms with van der Waals surface area (Å²) in [6, 6.07) is 8.07. The number of hydrogen-bond acceptors (Lipinski definition) is 2. The standard InChI is InChI=1S/C17H23NO3/c1-11-5-4-6-14(9-11)17(2,3)18-15(19)12-7-8-13(10-12)16(20)21/h4-6,9,12-13H,7-8,10H2,1-3H3,(H,18,19)(H,20,21)/t12-,13+/m1/s1. The lowest BCUT2D eigenvalue weighted by atomic mass is 9.92. The zero-order valence-corrected chi connectivity index (χ0v) is 12.8. The van der Waals surface area contributed by atoms with E-state index in [1.165, 1.54) is 0 Å². The van der Waals surface area contributed by atoms with Gasteiger partial charge in [0.15, 0.2) is 0 Å². The monoisotopic (exact) mass is 289 g/mol. The van der Waals surface area contributed by atoms with Gasteiger partial charge in [-0.15, -0.1) is 0 Å². The molecule has 0 spiro atoms. The van der Waals surface area contributed by atoms with Crippen molar-refractivity contribution in [2.45, 2.75) is 45.6 Å². The van der Waals surface area contributed by atoms with Crippen molar-refractivity contribution in [2.24, 2.45) is 11.8 Å². The van der Waals surface area contributed by atoms with Crippen molar-refractivity contribution in [1.82, 2.24) is 5.32 Å². The van der Waals surface area contributed by atoms with Crippen LogP contribution in [0.3, 0.4) is 0 Å². The van der Waals surface area contributed by atoms with Crippen molar-refractivity contribution in [3.05, 3.63) is 35.4 Å². The first-order chi connectivity index (χ1) is 9.79. The Balaban J connectivity index is 2.03. The van der Waals surface area contributed by atoms with Gasteiger partial charge in [-0.25, -0.2) is 0 Å². The lowest BCUT2D eigenvalue weighted by Gasteiger charge is -2.29. The minimum Gasteiger partial charge on any atom is -0.481 e. The summed E-state index contributed by atoms with van der Waals surface area (Å²) in [5.74, 6) is -1.38. The summed E-state index contributed by atoms with van der Waals surface area (Å²) in [5.41, 5.74) is 1.76. The molecule has 0 bridgehead atoms. The Hall–Kier alpha value is -1.84. The van der Waals surface area contributed by atoms with Crippen LogP contribution in [-0.2, 0) is 15.1 Å². The molecule has 4 heteroatoms. The minimum absolute atomic E-state index is 0.0368. The maximum atomic E-state index is 12.4. The van der Waals surface area contributed by atoms with Gasteiger partial charge in [-0.05, 0) is 45.6 Å². The first-order valence-electron chi connectivity index (χ1n) is 7.41. The van der Waals surface area contributed by atoms with Crippen LogP contribution in [0.5, 0.6) is 0 Å². The van der Waals surface area contributed by atoms with E-state index in [4.69, 9.17) is 5.11 Å². The van der Waals surface area contributed by atoms with Crippen molar-refractivity contribution < 1.29 is 14.7 Å². The third kappa shape index (κ3) is 3.63. The lowest BCUT2D eigenvalue weighted by molar-refractivity contribution is -0.141. The molecule has 1 aliphatic rings. The Morgan fingerprint density at radius 1 is 1.24 bits per heavy atom. The number of carbonyl (C=O) groups excluding carboxylic acids is 1. The van der Waals surface area contributed by atoms with Gasteiger partial charge in [0.1, 0.15) is 0 Å². The summed E-state index contributed by atoms with van der Waals surface area (Å²) in [6.07, 6.45) is 1.70. The number of carbonyl (C=O) groups is 2. The molecule has 1 aromatic carbocycles. The first-order valence-corrected chi connectivity index (χ1v) is 7.41. The molecule has 2 rings (SSSR count). The molecular formula is C17H23NO3. The van der Waals surface area contributed by atoms with Gasteiger partial charge in [-0.3, -0.25) is 9.59 Å². The molecule has 1 amide bonds. The van der Waals surface area contributed by atoms with E-state index < -0.39 is 11.5 Å². The average Bonchev–Trinajstić information content (AvgIpc) is 2.88. The Kier molecular flexibility index (Phi) is 4.35. The van der Waals surface area contributed by atoms with Gasteiger partial charge < -0.3 is 10.4 Å². The van der Waals surface area contributed by atoms with E-state index in [1.807, 2.05) is 39.0 Å². The second kappa shape index (κ2) is 5.88. The number of carboxylic acid groups (broad SMARTS) is 1. The van der Waals surface area contributed by atoms with E-state index in [0.717, 1.165) is 11.1 Å². The van der Waals surface area contributed by atoms with Crippen LogP contribution in [0.1, 0.15) is 44.2 Å². The Morgan fingerprint density at radius 2 is 1.90 bits per heavy atom. The summed E-state index contributed by atoms with van der Waals surface area (Å²) >= 11 is 0. The van der Waals surface area contributed by atoms with Crippen LogP contribution in [-0.4, -0.2) is 17.0 Å². The van der Waals surface area contributed by atoms with Gasteiger partial charge in [-0.1, -0.05) is 29.8 Å². The summed E-state index contributed by atoms with van der Waals surface area (Å²) in [4.78, 5) is 23.4. The molecule has 21 heavy (non-hydrogen) atoms. The highest BCUT2D eigenvalue weighted by molar-refractivity contribution is 5.81. The fourth-order valence-electron chi connectivity index (χ4n) is 2.96. The molecule has 4 nitrogen and oxygen atoms in total. The van der Waals surface area contributed by atoms with Crippen LogP contribution in [0.2, 0.25) is 0 Å². The van der Waals surface area contributed by atoms with Crippen LogP contribution < -0.4 is 5.32 Å². The van der Waals surface area contributed by atoms with Crippen LogP contribution >= 0.6 is 0 Å². The van der Waals surface area contributed by atoms with Gasteiger partial charge in [0.2, 0.25) is 5.91 Å². The van der Waals surface area contributed by atoms with Crippen LogP contribution in [0.25, 0.3) is 0 Å².